The molecule has 1 saturated carbocycles. The van der Waals surface area contributed by atoms with Crippen LogP contribution in [-0.4, -0.2) is 24.5 Å². The fourth-order valence-electron chi connectivity index (χ4n) is 4.79. The zero-order valence-corrected chi connectivity index (χ0v) is 19.1. The lowest BCUT2D eigenvalue weighted by molar-refractivity contribution is 0.181. The molecular weight excluding hydrogens is 397 g/mol. The van der Waals surface area contributed by atoms with E-state index in [-0.39, 0.29) is 5.82 Å². The van der Waals surface area contributed by atoms with Gasteiger partial charge in [-0.05, 0) is 99.0 Å². The molecule has 0 spiro atoms. The quantitative estimate of drug-likeness (QED) is 0.362. The van der Waals surface area contributed by atoms with Crippen LogP contribution in [0.3, 0.4) is 0 Å². The molecule has 4 rings (SSSR count). The Morgan fingerprint density at radius 3 is 2.19 bits per heavy atom. The first-order valence-corrected chi connectivity index (χ1v) is 11.9. The summed E-state index contributed by atoms with van der Waals surface area (Å²) in [6.07, 6.45) is 7.13. The minimum atomic E-state index is -0.156. The predicted octanol–water partition coefficient (Wildman–Crippen LogP) is 7.00. The molecule has 3 heteroatoms. The highest BCUT2D eigenvalue weighted by molar-refractivity contribution is 5.30. The SMILES string of the molecule is CN(CCCc1ccc(F)cc1)[C@H]1CC[C@H](c2ccc(OCc3ccccc3)cc2)CC1. The normalized spacial score (nSPS) is 18.6. The fraction of sp³-hybridized carbons (Fsp3) is 0.379. The van der Waals surface area contributed by atoms with Gasteiger partial charge in [0.25, 0.3) is 0 Å². The Hall–Kier alpha value is -2.65. The first-order chi connectivity index (χ1) is 15.7. The smallest absolute Gasteiger partial charge is 0.123 e. The second-order valence-corrected chi connectivity index (χ2v) is 9.06. The zero-order chi connectivity index (χ0) is 22.2. The molecule has 0 unspecified atom stereocenters. The van der Waals surface area contributed by atoms with Crippen LogP contribution in [0.1, 0.15) is 54.7 Å². The van der Waals surface area contributed by atoms with E-state index in [1.807, 2.05) is 30.3 Å². The van der Waals surface area contributed by atoms with Crippen molar-refractivity contribution < 1.29 is 9.13 Å². The lowest BCUT2D eigenvalue weighted by Gasteiger charge is -2.35. The number of aryl methyl sites for hydroxylation is 1. The summed E-state index contributed by atoms with van der Waals surface area (Å²) in [6.45, 7) is 1.71. The van der Waals surface area contributed by atoms with E-state index in [4.69, 9.17) is 4.74 Å². The zero-order valence-electron chi connectivity index (χ0n) is 19.1. The summed E-state index contributed by atoms with van der Waals surface area (Å²) in [7, 11) is 2.26. The maximum Gasteiger partial charge on any atom is 0.123 e. The van der Waals surface area contributed by atoms with Crippen LogP contribution in [0, 0.1) is 5.82 Å². The number of rotatable bonds is 9. The van der Waals surface area contributed by atoms with Gasteiger partial charge in [-0.2, -0.15) is 0 Å². The molecule has 0 amide bonds. The molecule has 0 aliphatic heterocycles. The van der Waals surface area contributed by atoms with Crippen LogP contribution < -0.4 is 4.74 Å². The minimum absolute atomic E-state index is 0.156. The molecule has 0 heterocycles. The van der Waals surface area contributed by atoms with E-state index in [9.17, 15) is 4.39 Å². The van der Waals surface area contributed by atoms with Gasteiger partial charge < -0.3 is 9.64 Å². The van der Waals surface area contributed by atoms with Gasteiger partial charge in [0.1, 0.15) is 18.2 Å². The van der Waals surface area contributed by atoms with Gasteiger partial charge in [0.05, 0.1) is 0 Å². The van der Waals surface area contributed by atoms with Crippen LogP contribution >= 0.6 is 0 Å². The Morgan fingerprint density at radius 2 is 1.50 bits per heavy atom. The summed E-state index contributed by atoms with van der Waals surface area (Å²) in [6, 6.07) is 26.6. The third-order valence-corrected chi connectivity index (χ3v) is 6.81. The van der Waals surface area contributed by atoms with Crippen LogP contribution in [0.2, 0.25) is 0 Å². The molecule has 0 N–H and O–H groups in total. The standard InChI is InChI=1S/C29H34FNO/c1-31(21-5-8-23-9-15-27(30)16-10-23)28-17-11-25(12-18-28)26-13-19-29(20-14-26)32-22-24-6-3-2-4-7-24/h2-4,6-7,9-10,13-16,19-20,25,28H,5,8,11-12,17-18,21-22H2,1H3/t25-,28-. The third kappa shape index (κ3) is 6.43. The Balaban J connectivity index is 1.18. The predicted molar refractivity (Wildman–Crippen MR) is 130 cm³/mol. The van der Waals surface area contributed by atoms with Crippen LogP contribution in [0.25, 0.3) is 0 Å². The number of benzene rings is 3. The van der Waals surface area contributed by atoms with Crippen LogP contribution in [0.5, 0.6) is 5.75 Å². The highest BCUT2D eigenvalue weighted by atomic mass is 19.1. The Kier molecular flexibility index (Phi) is 7.95. The summed E-state index contributed by atoms with van der Waals surface area (Å²) in [5, 5.41) is 0. The van der Waals surface area contributed by atoms with Crippen molar-refractivity contribution in [3.63, 3.8) is 0 Å². The van der Waals surface area contributed by atoms with Crippen LogP contribution in [0.4, 0.5) is 4.39 Å². The summed E-state index contributed by atoms with van der Waals surface area (Å²) in [5.74, 6) is 1.44. The van der Waals surface area contributed by atoms with Gasteiger partial charge in [0, 0.05) is 6.04 Å². The molecule has 32 heavy (non-hydrogen) atoms. The molecule has 0 atom stereocenters. The Bertz CT molecular complexity index is 931. The van der Waals surface area contributed by atoms with Gasteiger partial charge in [-0.15, -0.1) is 0 Å². The number of hydrogen-bond acceptors (Lipinski definition) is 2. The van der Waals surface area contributed by atoms with Gasteiger partial charge in [0.15, 0.2) is 0 Å². The van der Waals surface area contributed by atoms with Crippen molar-refractivity contribution >= 4 is 0 Å². The van der Waals surface area contributed by atoms with Gasteiger partial charge in [0.2, 0.25) is 0 Å². The first kappa shape index (κ1) is 22.5. The number of nitrogens with zero attached hydrogens (tertiary/aromatic N) is 1. The summed E-state index contributed by atoms with van der Waals surface area (Å²) in [4.78, 5) is 2.53. The summed E-state index contributed by atoms with van der Waals surface area (Å²) in [5.41, 5.74) is 3.85. The molecule has 168 valence electrons. The maximum absolute atomic E-state index is 13.0. The third-order valence-electron chi connectivity index (χ3n) is 6.81. The Morgan fingerprint density at radius 1 is 0.812 bits per heavy atom. The van der Waals surface area contributed by atoms with Crippen molar-refractivity contribution in [2.24, 2.45) is 0 Å². The number of ether oxygens (including phenoxy) is 1. The molecule has 2 nitrogen and oxygen atoms in total. The molecule has 0 aromatic heterocycles. The van der Waals surface area contributed by atoms with Gasteiger partial charge in [-0.3, -0.25) is 0 Å². The maximum atomic E-state index is 13.0. The lowest BCUT2D eigenvalue weighted by atomic mass is 9.81. The Labute approximate surface area is 192 Å². The largest absolute Gasteiger partial charge is 0.489 e. The minimum Gasteiger partial charge on any atom is -0.489 e. The van der Waals surface area contributed by atoms with Gasteiger partial charge in [-0.1, -0.05) is 54.6 Å². The van der Waals surface area contributed by atoms with Crippen molar-refractivity contribution in [2.45, 2.75) is 57.1 Å². The molecule has 0 radical (unpaired) electrons. The fourth-order valence-corrected chi connectivity index (χ4v) is 4.79. The molecule has 3 aromatic rings. The second-order valence-electron chi connectivity index (χ2n) is 9.06. The van der Waals surface area contributed by atoms with E-state index in [1.165, 1.54) is 42.4 Å². The number of hydrogen-bond donors (Lipinski definition) is 0. The summed E-state index contributed by atoms with van der Waals surface area (Å²) >= 11 is 0. The number of halogens is 1. The molecule has 3 aromatic carbocycles. The van der Waals surface area contributed by atoms with Crippen molar-refractivity contribution in [2.75, 3.05) is 13.6 Å². The molecule has 0 saturated heterocycles. The highest BCUT2D eigenvalue weighted by Gasteiger charge is 2.24. The van der Waals surface area contributed by atoms with Crippen LogP contribution in [-0.2, 0) is 13.0 Å². The van der Waals surface area contributed by atoms with Crippen molar-refractivity contribution in [1.29, 1.82) is 0 Å². The van der Waals surface area contributed by atoms with Crippen molar-refractivity contribution in [3.05, 3.63) is 101 Å². The van der Waals surface area contributed by atoms with Crippen molar-refractivity contribution in [3.8, 4) is 5.75 Å². The van der Waals surface area contributed by atoms with E-state index in [2.05, 4.69) is 48.3 Å². The second kappa shape index (κ2) is 11.3. The first-order valence-electron chi connectivity index (χ1n) is 11.9. The highest BCUT2D eigenvalue weighted by Crippen LogP contribution is 2.35. The molecule has 1 fully saturated rings. The van der Waals surface area contributed by atoms with E-state index >= 15 is 0 Å². The average Bonchev–Trinajstić information content (AvgIpc) is 2.85. The van der Waals surface area contributed by atoms with Crippen LogP contribution in [0.15, 0.2) is 78.9 Å². The monoisotopic (exact) mass is 431 g/mol. The molecule has 1 aliphatic carbocycles. The average molecular weight is 432 g/mol. The van der Waals surface area contributed by atoms with E-state index in [0.717, 1.165) is 25.1 Å². The topological polar surface area (TPSA) is 12.5 Å². The lowest BCUT2D eigenvalue weighted by Crippen LogP contribution is -2.35. The summed E-state index contributed by atoms with van der Waals surface area (Å²) < 4.78 is 19.0. The van der Waals surface area contributed by atoms with E-state index < -0.39 is 0 Å². The molecule has 1 aliphatic rings. The van der Waals surface area contributed by atoms with Crippen molar-refractivity contribution in [1.82, 2.24) is 4.90 Å². The van der Waals surface area contributed by atoms with Gasteiger partial charge >= 0.3 is 0 Å². The molecular formula is C29H34FNO. The van der Waals surface area contributed by atoms with E-state index in [1.54, 1.807) is 12.1 Å². The van der Waals surface area contributed by atoms with Gasteiger partial charge in [-0.25, -0.2) is 4.39 Å². The molecule has 0 bridgehead atoms. The van der Waals surface area contributed by atoms with E-state index in [0.29, 0.717) is 18.6 Å².